The van der Waals surface area contributed by atoms with Crippen molar-refractivity contribution >= 4 is 23.0 Å². The Hall–Kier alpha value is -2.73. The topological polar surface area (TPSA) is 89.1 Å². The van der Waals surface area contributed by atoms with Gasteiger partial charge in [-0.05, 0) is 24.3 Å². The summed E-state index contributed by atoms with van der Waals surface area (Å²) in [4.78, 5) is 20.1. The number of anilines is 1. The van der Waals surface area contributed by atoms with Crippen molar-refractivity contribution in [1.29, 1.82) is 0 Å². The van der Waals surface area contributed by atoms with Crippen LogP contribution in [0.1, 0.15) is 9.67 Å². The van der Waals surface area contributed by atoms with Crippen LogP contribution in [0.4, 0.5) is 5.69 Å². The largest absolute Gasteiger partial charge is 0.477 e. The highest BCUT2D eigenvalue weighted by Gasteiger charge is 2.19. The third kappa shape index (κ3) is 2.61. The number of nitrogen functional groups attached to an aromatic ring is 1. The number of hydrogen-bond acceptors (Lipinski definition) is 5. The van der Waals surface area contributed by atoms with Crippen LogP contribution in [0.15, 0.2) is 48.8 Å². The first-order valence-electron chi connectivity index (χ1n) is 6.15. The quantitative estimate of drug-likeness (QED) is 0.725. The summed E-state index contributed by atoms with van der Waals surface area (Å²) >= 11 is 1.15. The summed E-state index contributed by atoms with van der Waals surface area (Å²) in [6.07, 6.45) is 3.31. The first kappa shape index (κ1) is 13.3. The van der Waals surface area contributed by atoms with Gasteiger partial charge in [-0.2, -0.15) is 0 Å². The van der Waals surface area contributed by atoms with E-state index in [1.807, 2.05) is 0 Å². The lowest BCUT2D eigenvalue weighted by molar-refractivity contribution is 0.0702. The fourth-order valence-electron chi connectivity index (χ4n) is 1.92. The first-order valence-corrected chi connectivity index (χ1v) is 6.97. The average molecular weight is 297 g/mol. The van der Waals surface area contributed by atoms with Gasteiger partial charge in [0, 0.05) is 29.2 Å². The molecule has 6 heteroatoms. The standard InChI is InChI=1S/C15H11N3O2S/c16-11-3-1-9(2-4-11)12-13(15(19)20)21-14(18-12)10-5-7-17-8-6-10/h1-8H,16H2,(H,19,20). The van der Waals surface area contributed by atoms with Gasteiger partial charge >= 0.3 is 5.97 Å². The number of thiazole rings is 1. The smallest absolute Gasteiger partial charge is 0.348 e. The minimum absolute atomic E-state index is 0.214. The van der Waals surface area contributed by atoms with E-state index < -0.39 is 5.97 Å². The number of aromatic nitrogens is 2. The van der Waals surface area contributed by atoms with Crippen molar-refractivity contribution in [3.8, 4) is 21.8 Å². The zero-order chi connectivity index (χ0) is 14.8. The Balaban J connectivity index is 2.14. The van der Waals surface area contributed by atoms with Gasteiger partial charge < -0.3 is 10.8 Å². The summed E-state index contributed by atoms with van der Waals surface area (Å²) in [5.41, 5.74) is 8.32. The van der Waals surface area contributed by atoms with Gasteiger partial charge in [0.2, 0.25) is 0 Å². The molecule has 3 aromatic rings. The van der Waals surface area contributed by atoms with Crippen LogP contribution in [-0.4, -0.2) is 21.0 Å². The Morgan fingerprint density at radius 3 is 2.33 bits per heavy atom. The maximum absolute atomic E-state index is 11.4. The van der Waals surface area contributed by atoms with Crippen molar-refractivity contribution in [3.05, 3.63) is 53.7 Å². The van der Waals surface area contributed by atoms with E-state index in [-0.39, 0.29) is 4.88 Å². The van der Waals surface area contributed by atoms with Crippen molar-refractivity contribution < 1.29 is 9.90 Å². The van der Waals surface area contributed by atoms with Gasteiger partial charge in [0.25, 0.3) is 0 Å². The Morgan fingerprint density at radius 2 is 1.71 bits per heavy atom. The van der Waals surface area contributed by atoms with Crippen LogP contribution < -0.4 is 5.73 Å². The normalized spacial score (nSPS) is 10.5. The Labute approximate surface area is 124 Å². The zero-order valence-corrected chi connectivity index (χ0v) is 11.7. The molecule has 3 rings (SSSR count). The fraction of sp³-hybridized carbons (Fsp3) is 0. The van der Waals surface area contributed by atoms with E-state index in [1.165, 1.54) is 0 Å². The molecule has 0 aliphatic rings. The Kier molecular flexibility index (Phi) is 3.37. The highest BCUT2D eigenvalue weighted by atomic mass is 32.1. The van der Waals surface area contributed by atoms with Crippen LogP contribution in [0.5, 0.6) is 0 Å². The van der Waals surface area contributed by atoms with E-state index in [0.717, 1.165) is 22.5 Å². The van der Waals surface area contributed by atoms with Crippen LogP contribution in [0.25, 0.3) is 21.8 Å². The average Bonchev–Trinajstić information content (AvgIpc) is 2.94. The van der Waals surface area contributed by atoms with E-state index in [1.54, 1.807) is 48.8 Å². The van der Waals surface area contributed by atoms with Crippen molar-refractivity contribution in [3.63, 3.8) is 0 Å². The van der Waals surface area contributed by atoms with Crippen molar-refractivity contribution in [2.45, 2.75) is 0 Å². The highest BCUT2D eigenvalue weighted by molar-refractivity contribution is 7.17. The maximum atomic E-state index is 11.4. The van der Waals surface area contributed by atoms with Gasteiger partial charge in [0.05, 0.1) is 5.69 Å². The number of carboxylic acids is 1. The summed E-state index contributed by atoms with van der Waals surface area (Å²) in [5, 5.41) is 10.0. The molecule has 0 bridgehead atoms. The number of carbonyl (C=O) groups is 1. The van der Waals surface area contributed by atoms with Crippen LogP contribution in [0.2, 0.25) is 0 Å². The molecule has 21 heavy (non-hydrogen) atoms. The van der Waals surface area contributed by atoms with Crippen LogP contribution in [-0.2, 0) is 0 Å². The van der Waals surface area contributed by atoms with Gasteiger partial charge in [-0.15, -0.1) is 11.3 Å². The van der Waals surface area contributed by atoms with Crippen LogP contribution >= 0.6 is 11.3 Å². The van der Waals surface area contributed by atoms with Crippen molar-refractivity contribution in [2.75, 3.05) is 5.73 Å². The lowest BCUT2D eigenvalue weighted by Crippen LogP contribution is -1.95. The molecule has 5 nitrogen and oxygen atoms in total. The molecule has 0 spiro atoms. The zero-order valence-electron chi connectivity index (χ0n) is 10.9. The lowest BCUT2D eigenvalue weighted by atomic mass is 10.1. The van der Waals surface area contributed by atoms with Crippen molar-refractivity contribution in [1.82, 2.24) is 9.97 Å². The molecule has 0 fully saturated rings. The van der Waals surface area contributed by atoms with E-state index in [9.17, 15) is 9.90 Å². The third-order valence-electron chi connectivity index (χ3n) is 2.93. The highest BCUT2D eigenvalue weighted by Crippen LogP contribution is 2.33. The predicted octanol–water partition coefficient (Wildman–Crippen LogP) is 3.15. The summed E-state index contributed by atoms with van der Waals surface area (Å²) < 4.78 is 0. The fourth-order valence-corrected chi connectivity index (χ4v) is 2.85. The van der Waals surface area contributed by atoms with Gasteiger partial charge in [0.1, 0.15) is 9.88 Å². The molecule has 104 valence electrons. The second-order valence-corrected chi connectivity index (χ2v) is 5.36. The van der Waals surface area contributed by atoms with E-state index >= 15 is 0 Å². The number of nitrogens with zero attached hydrogens (tertiary/aromatic N) is 2. The maximum Gasteiger partial charge on any atom is 0.348 e. The molecule has 0 saturated carbocycles. The number of rotatable bonds is 3. The number of benzene rings is 1. The lowest BCUT2D eigenvalue weighted by Gasteiger charge is -1.99. The molecule has 2 aromatic heterocycles. The monoisotopic (exact) mass is 297 g/mol. The van der Waals surface area contributed by atoms with Gasteiger partial charge in [-0.3, -0.25) is 4.98 Å². The number of carboxylic acid groups (broad SMARTS) is 1. The first-order chi connectivity index (χ1) is 10.1. The Morgan fingerprint density at radius 1 is 1.05 bits per heavy atom. The molecule has 0 amide bonds. The van der Waals surface area contributed by atoms with Crippen LogP contribution in [0, 0.1) is 0 Å². The van der Waals surface area contributed by atoms with E-state index in [2.05, 4.69) is 9.97 Å². The van der Waals surface area contributed by atoms with Gasteiger partial charge in [-0.25, -0.2) is 9.78 Å². The minimum atomic E-state index is -0.986. The molecule has 0 saturated heterocycles. The molecular formula is C15H11N3O2S. The minimum Gasteiger partial charge on any atom is -0.477 e. The molecule has 0 radical (unpaired) electrons. The second-order valence-electron chi connectivity index (χ2n) is 4.36. The predicted molar refractivity (Wildman–Crippen MR) is 82.2 cm³/mol. The number of pyridine rings is 1. The molecular weight excluding hydrogens is 286 g/mol. The number of hydrogen-bond donors (Lipinski definition) is 2. The molecule has 0 aliphatic heterocycles. The summed E-state index contributed by atoms with van der Waals surface area (Å²) in [7, 11) is 0. The molecule has 1 aromatic carbocycles. The summed E-state index contributed by atoms with van der Waals surface area (Å²) in [5.74, 6) is -0.986. The molecule has 0 atom stereocenters. The molecule has 0 unspecified atom stereocenters. The van der Waals surface area contributed by atoms with E-state index in [4.69, 9.17) is 5.73 Å². The third-order valence-corrected chi connectivity index (χ3v) is 4.03. The van der Waals surface area contributed by atoms with Crippen molar-refractivity contribution in [2.24, 2.45) is 0 Å². The van der Waals surface area contributed by atoms with Gasteiger partial charge in [0.15, 0.2) is 0 Å². The summed E-state index contributed by atoms with van der Waals surface area (Å²) in [6, 6.07) is 10.6. The summed E-state index contributed by atoms with van der Waals surface area (Å²) in [6.45, 7) is 0. The molecule has 2 heterocycles. The van der Waals surface area contributed by atoms with Gasteiger partial charge in [-0.1, -0.05) is 12.1 Å². The number of aromatic carboxylic acids is 1. The van der Waals surface area contributed by atoms with Crippen LogP contribution in [0.3, 0.4) is 0 Å². The molecule has 0 aliphatic carbocycles. The van der Waals surface area contributed by atoms with E-state index in [0.29, 0.717) is 16.4 Å². The number of nitrogens with two attached hydrogens (primary N) is 1. The Bertz CT molecular complexity index is 782. The molecule has 3 N–H and O–H groups in total. The SMILES string of the molecule is Nc1ccc(-c2nc(-c3ccncc3)sc2C(=O)O)cc1. The second kappa shape index (κ2) is 5.34.